The summed E-state index contributed by atoms with van der Waals surface area (Å²) < 4.78 is 47.3. The second-order valence-electron chi connectivity index (χ2n) is 2.45. The number of aromatic nitrogens is 2. The monoisotopic (exact) mass is 208 g/mol. The van der Waals surface area contributed by atoms with Gasteiger partial charge < -0.3 is 0 Å². The molecule has 0 fully saturated rings. The second kappa shape index (κ2) is 2.99. The highest BCUT2D eigenvalue weighted by atomic mass is 32.2. The topological polar surface area (TPSA) is 59.9 Å². The van der Waals surface area contributed by atoms with Crippen molar-refractivity contribution in [2.45, 2.75) is 11.8 Å². The fourth-order valence-electron chi connectivity index (χ4n) is 0.802. The molecule has 0 saturated carbocycles. The number of halogens is 2. The van der Waals surface area contributed by atoms with Crippen molar-refractivity contribution in [3.05, 3.63) is 17.7 Å². The fraction of sp³-hybridized carbons (Fsp3) is 0.333. The normalized spacial score (nSPS) is 11.7. The van der Waals surface area contributed by atoms with E-state index in [-0.39, 0.29) is 5.82 Å². The summed E-state index contributed by atoms with van der Waals surface area (Å²) in [5.74, 6) is -2.86. The Morgan fingerprint density at radius 2 is 1.54 bits per heavy atom. The quantitative estimate of drug-likeness (QED) is 0.629. The molecule has 13 heavy (non-hydrogen) atoms. The van der Waals surface area contributed by atoms with E-state index < -0.39 is 26.6 Å². The number of aryl methyl sites for hydroxylation is 1. The number of sulfone groups is 1. The summed E-state index contributed by atoms with van der Waals surface area (Å²) in [6.07, 6.45) is 0.688. The van der Waals surface area contributed by atoms with Crippen molar-refractivity contribution in [2.75, 3.05) is 6.26 Å². The molecule has 0 aromatic carbocycles. The minimum absolute atomic E-state index is 0.151. The lowest BCUT2D eigenvalue weighted by Crippen LogP contribution is -2.09. The van der Waals surface area contributed by atoms with E-state index in [1.54, 1.807) is 0 Å². The maximum absolute atomic E-state index is 12.8. The molecule has 1 heterocycles. The molecule has 0 N–H and O–H groups in total. The largest absolute Gasteiger partial charge is 0.238 e. The van der Waals surface area contributed by atoms with Crippen molar-refractivity contribution in [3.8, 4) is 0 Å². The number of nitrogens with zero attached hydrogens (tertiary/aromatic N) is 2. The van der Waals surface area contributed by atoms with Gasteiger partial charge in [0.2, 0.25) is 11.9 Å². The van der Waals surface area contributed by atoms with Crippen LogP contribution in [0.25, 0.3) is 0 Å². The molecule has 0 unspecified atom stereocenters. The van der Waals surface area contributed by atoms with Crippen LogP contribution < -0.4 is 0 Å². The Hall–Kier alpha value is -1.11. The van der Waals surface area contributed by atoms with Gasteiger partial charge in [-0.25, -0.2) is 18.4 Å². The van der Waals surface area contributed by atoms with Crippen LogP contribution in [0.5, 0.6) is 0 Å². The predicted octanol–water partition coefficient (Wildman–Crippen LogP) is 0.467. The van der Waals surface area contributed by atoms with E-state index in [0.717, 1.165) is 0 Å². The molecule has 0 aliphatic rings. The summed E-state index contributed by atoms with van der Waals surface area (Å²) in [4.78, 5) is 5.12. The van der Waals surface area contributed by atoms with Crippen molar-refractivity contribution in [1.82, 2.24) is 9.97 Å². The van der Waals surface area contributed by atoms with Gasteiger partial charge in [-0.1, -0.05) is 0 Å². The number of hydrogen-bond acceptors (Lipinski definition) is 4. The first kappa shape index (κ1) is 9.97. The molecular formula is C6H6F2N2O2S. The molecule has 72 valence electrons. The molecule has 0 bridgehead atoms. The molecule has 0 saturated heterocycles. The average Bonchev–Trinajstić information content (AvgIpc) is 1.78. The molecule has 0 amide bonds. The van der Waals surface area contributed by atoms with Gasteiger partial charge in [-0.15, -0.1) is 0 Å². The Kier molecular flexibility index (Phi) is 2.29. The summed E-state index contributed by atoms with van der Waals surface area (Å²) in [5, 5.41) is 0. The molecule has 0 atom stereocenters. The van der Waals surface area contributed by atoms with E-state index in [2.05, 4.69) is 9.97 Å². The van der Waals surface area contributed by atoms with Crippen molar-refractivity contribution >= 4 is 9.84 Å². The number of rotatable bonds is 1. The van der Waals surface area contributed by atoms with Crippen LogP contribution in [0.1, 0.15) is 5.82 Å². The Labute approximate surface area is 73.6 Å². The first-order chi connectivity index (χ1) is 5.82. The highest BCUT2D eigenvalue weighted by Crippen LogP contribution is 2.14. The second-order valence-corrected chi connectivity index (χ2v) is 4.41. The molecular weight excluding hydrogens is 202 g/mol. The lowest BCUT2D eigenvalue weighted by atomic mass is 10.6. The Morgan fingerprint density at radius 1 is 1.15 bits per heavy atom. The van der Waals surface area contributed by atoms with Gasteiger partial charge in [-0.2, -0.15) is 8.78 Å². The smallest absolute Gasteiger partial charge is 0.224 e. The molecule has 0 aliphatic heterocycles. The molecule has 0 radical (unpaired) electrons. The van der Waals surface area contributed by atoms with Crippen LogP contribution >= 0.6 is 0 Å². The van der Waals surface area contributed by atoms with Crippen LogP contribution in [0.15, 0.2) is 4.90 Å². The van der Waals surface area contributed by atoms with Crippen LogP contribution in [0.3, 0.4) is 0 Å². The van der Waals surface area contributed by atoms with Gasteiger partial charge in [-0.05, 0) is 6.92 Å². The highest BCUT2D eigenvalue weighted by molar-refractivity contribution is 7.90. The van der Waals surface area contributed by atoms with E-state index in [4.69, 9.17) is 0 Å². The zero-order valence-electron chi connectivity index (χ0n) is 6.88. The summed E-state index contributed by atoms with van der Waals surface area (Å²) in [5.41, 5.74) is 0. The first-order valence-corrected chi connectivity index (χ1v) is 5.11. The molecule has 1 rings (SSSR count). The summed E-state index contributed by atoms with van der Waals surface area (Å²) in [6.45, 7) is 1.26. The lowest BCUT2D eigenvalue weighted by Gasteiger charge is -2.00. The third kappa shape index (κ3) is 1.97. The van der Waals surface area contributed by atoms with Crippen LogP contribution in [0, 0.1) is 18.8 Å². The van der Waals surface area contributed by atoms with Crippen LogP contribution in [-0.4, -0.2) is 24.6 Å². The SMILES string of the molecule is Cc1nc(F)c(S(C)(=O)=O)c(F)n1. The van der Waals surface area contributed by atoms with Crippen molar-refractivity contribution in [2.24, 2.45) is 0 Å². The van der Waals surface area contributed by atoms with Gasteiger partial charge in [0.1, 0.15) is 5.82 Å². The maximum atomic E-state index is 12.8. The molecule has 1 aromatic rings. The zero-order valence-corrected chi connectivity index (χ0v) is 7.69. The van der Waals surface area contributed by atoms with E-state index in [1.807, 2.05) is 0 Å². The molecule has 7 heteroatoms. The predicted molar refractivity (Wildman–Crippen MR) is 39.8 cm³/mol. The average molecular weight is 208 g/mol. The summed E-state index contributed by atoms with van der Waals surface area (Å²) >= 11 is 0. The first-order valence-electron chi connectivity index (χ1n) is 3.22. The zero-order chi connectivity index (χ0) is 10.2. The van der Waals surface area contributed by atoms with Crippen molar-refractivity contribution in [3.63, 3.8) is 0 Å². The third-order valence-electron chi connectivity index (χ3n) is 1.27. The van der Waals surface area contributed by atoms with Crippen LogP contribution in [0.2, 0.25) is 0 Å². The molecule has 1 aromatic heterocycles. The third-order valence-corrected chi connectivity index (χ3v) is 2.34. The summed E-state index contributed by atoms with van der Waals surface area (Å²) in [7, 11) is -3.96. The Morgan fingerprint density at radius 3 is 1.85 bits per heavy atom. The van der Waals surface area contributed by atoms with Gasteiger partial charge >= 0.3 is 0 Å². The fourth-order valence-corrected chi connectivity index (χ4v) is 1.50. The standard InChI is InChI=1S/C6H6F2N2O2S/c1-3-9-5(7)4(6(8)10-3)13(2,11)12/h1-2H3. The van der Waals surface area contributed by atoms with E-state index in [0.29, 0.717) is 6.26 Å². The van der Waals surface area contributed by atoms with Gasteiger partial charge in [0.15, 0.2) is 14.7 Å². The Bertz CT molecular complexity index is 421. The maximum Gasteiger partial charge on any atom is 0.238 e. The molecule has 0 spiro atoms. The van der Waals surface area contributed by atoms with Gasteiger partial charge in [0, 0.05) is 6.26 Å². The lowest BCUT2D eigenvalue weighted by molar-refractivity contribution is 0.464. The Balaban J connectivity index is 3.57. The van der Waals surface area contributed by atoms with E-state index >= 15 is 0 Å². The highest BCUT2D eigenvalue weighted by Gasteiger charge is 2.22. The minimum Gasteiger partial charge on any atom is -0.224 e. The van der Waals surface area contributed by atoms with Crippen molar-refractivity contribution in [1.29, 1.82) is 0 Å². The van der Waals surface area contributed by atoms with E-state index in [9.17, 15) is 17.2 Å². The van der Waals surface area contributed by atoms with Crippen molar-refractivity contribution < 1.29 is 17.2 Å². The van der Waals surface area contributed by atoms with Gasteiger partial charge in [0.25, 0.3) is 0 Å². The van der Waals surface area contributed by atoms with Gasteiger partial charge in [0.05, 0.1) is 0 Å². The summed E-state index contributed by atoms with van der Waals surface area (Å²) in [6, 6.07) is 0. The molecule has 4 nitrogen and oxygen atoms in total. The molecule has 0 aliphatic carbocycles. The van der Waals surface area contributed by atoms with Crippen LogP contribution in [-0.2, 0) is 9.84 Å². The number of hydrogen-bond donors (Lipinski definition) is 0. The van der Waals surface area contributed by atoms with E-state index in [1.165, 1.54) is 6.92 Å². The minimum atomic E-state index is -3.96. The van der Waals surface area contributed by atoms with Crippen LogP contribution in [0.4, 0.5) is 8.78 Å². The van der Waals surface area contributed by atoms with Gasteiger partial charge in [-0.3, -0.25) is 0 Å².